The zero-order chi connectivity index (χ0) is 15.4. The second-order valence-corrected chi connectivity index (χ2v) is 3.50. The van der Waals surface area contributed by atoms with E-state index in [1.165, 1.54) is 0 Å². The molecule has 12 nitrogen and oxygen atoms in total. The van der Waals surface area contributed by atoms with Gasteiger partial charge in [-0.2, -0.15) is 9.97 Å². The minimum atomic E-state index is -0.509. The highest BCUT2D eigenvalue weighted by molar-refractivity contribution is 5.58. The van der Waals surface area contributed by atoms with Crippen molar-refractivity contribution in [1.29, 1.82) is 0 Å². The Hall–Kier alpha value is -3.44. The maximum absolute atomic E-state index is 10.7. The third kappa shape index (κ3) is 3.28. The van der Waals surface area contributed by atoms with E-state index < -0.39 is 11.1 Å². The largest absolute Gasteiger partial charge is 0.391 e. The van der Waals surface area contributed by atoms with Gasteiger partial charge in [0.15, 0.2) is 11.6 Å². The van der Waals surface area contributed by atoms with E-state index in [1.807, 2.05) is 0 Å². The summed E-state index contributed by atoms with van der Waals surface area (Å²) < 4.78 is 0. The zero-order valence-electron chi connectivity index (χ0n) is 10.2. The van der Waals surface area contributed by atoms with Gasteiger partial charge in [-0.25, -0.2) is 0 Å². The molecule has 0 unspecified atom stereocenters. The Kier molecular flexibility index (Phi) is 4.00. The van der Waals surface area contributed by atoms with Crippen LogP contribution in [0.25, 0.3) is 0 Å². The van der Waals surface area contributed by atoms with E-state index in [4.69, 9.17) is 34.4 Å². The highest BCUT2D eigenvalue weighted by atomic mass is 16.1. The van der Waals surface area contributed by atoms with E-state index in [0.717, 1.165) is 0 Å². The van der Waals surface area contributed by atoms with Gasteiger partial charge in [0.05, 0.1) is 0 Å². The molecule has 14 N–H and O–H groups in total. The predicted molar refractivity (Wildman–Crippen MR) is 76.2 cm³/mol. The van der Waals surface area contributed by atoms with Gasteiger partial charge >= 0.3 is 0 Å². The van der Waals surface area contributed by atoms with Crippen molar-refractivity contribution in [3.8, 4) is 0 Å². The first-order chi connectivity index (χ1) is 9.22. The van der Waals surface area contributed by atoms with Crippen molar-refractivity contribution in [2.45, 2.75) is 0 Å². The standard InChI is InChI=1S/2C4H7N5O/c2*5-1-2(6)8-4(7)9-3(1)10/h2*5H2,(H5,6,7,8,9,10). The highest BCUT2D eigenvalue weighted by Gasteiger charge is 2.01. The molecule has 0 aliphatic heterocycles. The van der Waals surface area contributed by atoms with Crippen LogP contribution in [0, 0.1) is 0 Å². The number of nitrogen functional groups attached to an aromatic ring is 6. The number of nitrogens with one attached hydrogen (secondary N) is 2. The lowest BCUT2D eigenvalue weighted by Gasteiger charge is -1.96. The zero-order valence-corrected chi connectivity index (χ0v) is 10.2. The summed E-state index contributed by atoms with van der Waals surface area (Å²) in [5, 5.41) is 0. The molecule has 20 heavy (non-hydrogen) atoms. The lowest BCUT2D eigenvalue weighted by atomic mass is 10.5. The van der Waals surface area contributed by atoms with Gasteiger partial charge in [-0.15, -0.1) is 0 Å². The number of nitrogens with two attached hydrogens (primary N) is 6. The summed E-state index contributed by atoms with van der Waals surface area (Å²) in [6.45, 7) is 0. The van der Waals surface area contributed by atoms with Crippen LogP contribution in [0.3, 0.4) is 0 Å². The molecule has 0 aromatic carbocycles. The third-order valence-corrected chi connectivity index (χ3v) is 2.01. The van der Waals surface area contributed by atoms with Crippen molar-refractivity contribution >= 4 is 34.9 Å². The van der Waals surface area contributed by atoms with Crippen LogP contribution in [0.5, 0.6) is 0 Å². The van der Waals surface area contributed by atoms with Gasteiger partial charge in [0, 0.05) is 0 Å². The van der Waals surface area contributed by atoms with Crippen molar-refractivity contribution in [1.82, 2.24) is 19.9 Å². The number of rotatable bonds is 0. The molecule has 0 atom stereocenters. The molecule has 0 bridgehead atoms. The summed E-state index contributed by atoms with van der Waals surface area (Å²) in [4.78, 5) is 32.7. The summed E-state index contributed by atoms with van der Waals surface area (Å²) in [5.41, 5.74) is 29.7. The number of aromatic amines is 2. The van der Waals surface area contributed by atoms with E-state index in [1.54, 1.807) is 0 Å². The van der Waals surface area contributed by atoms with E-state index in [9.17, 15) is 9.59 Å². The number of anilines is 6. The van der Waals surface area contributed by atoms with Gasteiger partial charge < -0.3 is 34.4 Å². The van der Waals surface area contributed by atoms with Gasteiger partial charge in [-0.05, 0) is 0 Å². The third-order valence-electron chi connectivity index (χ3n) is 2.01. The van der Waals surface area contributed by atoms with Crippen molar-refractivity contribution < 1.29 is 0 Å². The van der Waals surface area contributed by atoms with Crippen LogP contribution in [0.4, 0.5) is 34.9 Å². The number of nitrogens with zero attached hydrogens (tertiary/aromatic N) is 2. The molecule has 108 valence electrons. The second kappa shape index (κ2) is 5.47. The molecule has 0 radical (unpaired) electrons. The molecule has 0 spiro atoms. The molecule has 2 rings (SSSR count). The molecule has 0 aliphatic carbocycles. The van der Waals surface area contributed by atoms with Gasteiger partial charge in [-0.3, -0.25) is 19.6 Å². The van der Waals surface area contributed by atoms with Crippen molar-refractivity contribution in [3.05, 3.63) is 20.7 Å². The Balaban J connectivity index is 0.000000200. The number of hydrogen-bond acceptors (Lipinski definition) is 10. The lowest BCUT2D eigenvalue weighted by Crippen LogP contribution is -2.17. The van der Waals surface area contributed by atoms with Crippen LogP contribution in [0.15, 0.2) is 9.59 Å². The minimum Gasteiger partial charge on any atom is -0.391 e. The van der Waals surface area contributed by atoms with Crippen molar-refractivity contribution in [3.63, 3.8) is 0 Å². The first-order valence-corrected chi connectivity index (χ1v) is 5.03. The maximum Gasteiger partial charge on any atom is 0.277 e. The van der Waals surface area contributed by atoms with E-state index >= 15 is 0 Å². The molecular formula is C8H14N10O2. The minimum absolute atomic E-state index is 0.0308. The first kappa shape index (κ1) is 14.6. The number of H-pyrrole nitrogens is 2. The molecule has 0 fully saturated rings. The van der Waals surface area contributed by atoms with Crippen molar-refractivity contribution in [2.75, 3.05) is 34.4 Å². The summed E-state index contributed by atoms with van der Waals surface area (Å²) in [6, 6.07) is 0. The number of aromatic nitrogens is 4. The Bertz CT molecular complexity index is 670. The average Bonchev–Trinajstić information content (AvgIpc) is 2.33. The Morgan fingerprint density at radius 1 is 0.650 bits per heavy atom. The van der Waals surface area contributed by atoms with Gasteiger partial charge in [0.2, 0.25) is 11.9 Å². The van der Waals surface area contributed by atoms with Crippen LogP contribution in [-0.2, 0) is 0 Å². The molecule has 0 saturated carbocycles. The highest BCUT2D eigenvalue weighted by Crippen LogP contribution is 2.03. The Labute approximate surface area is 111 Å². The maximum atomic E-state index is 10.7. The van der Waals surface area contributed by atoms with Gasteiger partial charge in [0.25, 0.3) is 11.1 Å². The monoisotopic (exact) mass is 282 g/mol. The molecular weight excluding hydrogens is 268 g/mol. The molecule has 12 heteroatoms. The second-order valence-electron chi connectivity index (χ2n) is 3.50. The van der Waals surface area contributed by atoms with Crippen LogP contribution in [0.1, 0.15) is 0 Å². The van der Waals surface area contributed by atoms with Gasteiger partial charge in [-0.1, -0.05) is 0 Å². The fourth-order valence-electron chi connectivity index (χ4n) is 1.04. The van der Waals surface area contributed by atoms with Crippen LogP contribution in [-0.4, -0.2) is 19.9 Å². The normalized spacial score (nSPS) is 9.60. The molecule has 2 aromatic heterocycles. The van der Waals surface area contributed by atoms with Crippen LogP contribution < -0.4 is 45.5 Å². The molecule has 2 aromatic rings. The fraction of sp³-hybridized carbons (Fsp3) is 0. The topological polar surface area (TPSA) is 248 Å². The summed E-state index contributed by atoms with van der Waals surface area (Å²) >= 11 is 0. The SMILES string of the molecule is Nc1nc(N)c(N)c(=O)[nH]1.Nc1nc(N)c(N)c(=O)[nH]1. The molecule has 0 amide bonds. The van der Waals surface area contributed by atoms with Gasteiger partial charge in [0.1, 0.15) is 11.4 Å². The summed E-state index contributed by atoms with van der Waals surface area (Å²) in [5.74, 6) is -0.143. The molecule has 2 heterocycles. The quantitative estimate of drug-likeness (QED) is 0.243. The van der Waals surface area contributed by atoms with Crippen LogP contribution in [0.2, 0.25) is 0 Å². The average molecular weight is 282 g/mol. The summed E-state index contributed by atoms with van der Waals surface area (Å²) in [7, 11) is 0. The molecule has 0 saturated heterocycles. The Morgan fingerprint density at radius 3 is 1.20 bits per heavy atom. The van der Waals surface area contributed by atoms with E-state index in [-0.39, 0.29) is 34.9 Å². The van der Waals surface area contributed by atoms with E-state index in [0.29, 0.717) is 0 Å². The number of hydrogen-bond donors (Lipinski definition) is 8. The lowest BCUT2D eigenvalue weighted by molar-refractivity contribution is 1.15. The Morgan fingerprint density at radius 2 is 0.950 bits per heavy atom. The fourth-order valence-corrected chi connectivity index (χ4v) is 1.04. The summed E-state index contributed by atoms with van der Waals surface area (Å²) in [6.07, 6.45) is 0. The predicted octanol–water partition coefficient (Wildman–Crippen LogP) is -2.97. The van der Waals surface area contributed by atoms with Crippen molar-refractivity contribution in [2.24, 2.45) is 0 Å². The first-order valence-electron chi connectivity index (χ1n) is 5.03. The van der Waals surface area contributed by atoms with E-state index in [2.05, 4.69) is 19.9 Å². The molecule has 0 aliphatic rings. The van der Waals surface area contributed by atoms with Crippen LogP contribution >= 0.6 is 0 Å². The smallest absolute Gasteiger partial charge is 0.277 e.